The van der Waals surface area contributed by atoms with E-state index in [-0.39, 0.29) is 12.4 Å². The van der Waals surface area contributed by atoms with Gasteiger partial charge in [0, 0.05) is 16.1 Å². The van der Waals surface area contributed by atoms with Crippen molar-refractivity contribution in [2.45, 2.75) is 0 Å². The van der Waals surface area contributed by atoms with Crippen molar-refractivity contribution >= 4 is 22.5 Å². The lowest BCUT2D eigenvalue weighted by Crippen LogP contribution is -2.08. The number of hydrogen-bond donors (Lipinski definition) is 1. The van der Waals surface area contributed by atoms with Gasteiger partial charge in [-0.15, -0.1) is 0 Å². The Hall–Kier alpha value is -3.38. The van der Waals surface area contributed by atoms with E-state index in [1.165, 1.54) is 6.33 Å². The van der Waals surface area contributed by atoms with Crippen molar-refractivity contribution < 1.29 is 9.47 Å². The van der Waals surface area contributed by atoms with Gasteiger partial charge in [0.1, 0.15) is 11.2 Å². The van der Waals surface area contributed by atoms with Crippen LogP contribution in [-0.4, -0.2) is 21.7 Å². The predicted molar refractivity (Wildman–Crippen MR) is 102 cm³/mol. The van der Waals surface area contributed by atoms with E-state index in [1.54, 1.807) is 18.2 Å². The molecule has 1 aliphatic rings. The summed E-state index contributed by atoms with van der Waals surface area (Å²) in [5.41, 5.74) is 3.04. The molecule has 0 bridgehead atoms. The second kappa shape index (κ2) is 6.10. The highest BCUT2D eigenvalue weighted by atomic mass is 35.5. The van der Waals surface area contributed by atoms with Gasteiger partial charge >= 0.3 is 0 Å². The third-order valence-corrected chi connectivity index (χ3v) is 4.67. The van der Waals surface area contributed by atoms with E-state index in [2.05, 4.69) is 9.97 Å². The molecule has 132 valence electrons. The maximum Gasteiger partial charge on any atom is 0.258 e. The minimum Gasteiger partial charge on any atom is -0.454 e. The molecule has 7 heteroatoms. The molecule has 1 N–H and O–H groups in total. The van der Waals surface area contributed by atoms with Gasteiger partial charge in [0.15, 0.2) is 11.5 Å². The molecule has 2 aromatic heterocycles. The molecular weight excluding hydrogens is 366 g/mol. The molecule has 3 heterocycles. The van der Waals surface area contributed by atoms with Crippen molar-refractivity contribution in [1.82, 2.24) is 15.0 Å². The molecule has 0 radical (unpaired) electrons. The molecule has 5 rings (SSSR count). The maximum absolute atomic E-state index is 12.4. The molecule has 6 nitrogen and oxygen atoms in total. The Morgan fingerprint density at radius 2 is 1.93 bits per heavy atom. The zero-order chi connectivity index (χ0) is 18.4. The SMILES string of the molecule is O=c1[nH]cnc2c(-c3cccc4c3OCO4)nc(-c3ccc(Cl)cc3)cc12. The standard InChI is InChI=1S/C20H12ClN3O3/c21-12-6-4-11(5-7-12)15-8-14-17(22-9-23-20(14)25)18(24-15)13-2-1-3-16-19(13)27-10-26-16/h1-9H,10H2,(H,22,23,25). The normalized spacial score (nSPS) is 12.5. The minimum absolute atomic E-state index is 0.148. The van der Waals surface area contributed by atoms with Crippen molar-refractivity contribution in [3.8, 4) is 34.0 Å². The Bertz CT molecular complexity index is 1240. The zero-order valence-electron chi connectivity index (χ0n) is 13.9. The van der Waals surface area contributed by atoms with Crippen molar-refractivity contribution in [2.24, 2.45) is 0 Å². The molecule has 2 aromatic carbocycles. The van der Waals surface area contributed by atoms with E-state index in [0.29, 0.717) is 38.8 Å². The first-order valence-electron chi connectivity index (χ1n) is 8.24. The molecule has 4 aromatic rings. The van der Waals surface area contributed by atoms with Crippen molar-refractivity contribution in [1.29, 1.82) is 0 Å². The Kier molecular flexibility index (Phi) is 3.58. The molecule has 0 spiro atoms. The van der Waals surface area contributed by atoms with Crippen LogP contribution in [0, 0.1) is 0 Å². The summed E-state index contributed by atoms with van der Waals surface area (Å²) in [5.74, 6) is 1.24. The van der Waals surface area contributed by atoms with E-state index in [4.69, 9.17) is 26.1 Å². The number of pyridine rings is 1. The van der Waals surface area contributed by atoms with E-state index in [0.717, 1.165) is 11.1 Å². The first-order chi connectivity index (χ1) is 13.2. The lowest BCUT2D eigenvalue weighted by Gasteiger charge is -2.10. The van der Waals surface area contributed by atoms with Crippen molar-refractivity contribution in [3.63, 3.8) is 0 Å². The summed E-state index contributed by atoms with van der Waals surface area (Å²) >= 11 is 5.99. The Balaban J connectivity index is 1.84. The van der Waals surface area contributed by atoms with Crippen LogP contribution >= 0.6 is 11.6 Å². The summed E-state index contributed by atoms with van der Waals surface area (Å²) in [6, 6.07) is 14.6. The van der Waals surface area contributed by atoms with Gasteiger partial charge in [-0.05, 0) is 30.3 Å². The van der Waals surface area contributed by atoms with E-state index in [9.17, 15) is 4.79 Å². The van der Waals surface area contributed by atoms with Crippen LogP contribution in [0.2, 0.25) is 5.02 Å². The highest BCUT2D eigenvalue weighted by Crippen LogP contribution is 2.42. The fourth-order valence-corrected chi connectivity index (χ4v) is 3.27. The van der Waals surface area contributed by atoms with Crippen LogP contribution in [0.5, 0.6) is 11.5 Å². The van der Waals surface area contributed by atoms with Crippen LogP contribution in [0.4, 0.5) is 0 Å². The number of benzene rings is 2. The summed E-state index contributed by atoms with van der Waals surface area (Å²) < 4.78 is 11.1. The number of nitrogens with zero attached hydrogens (tertiary/aromatic N) is 2. The summed E-state index contributed by atoms with van der Waals surface area (Å²) in [6.45, 7) is 0.148. The van der Waals surface area contributed by atoms with Gasteiger partial charge in [0.05, 0.1) is 17.4 Å². The fourth-order valence-electron chi connectivity index (χ4n) is 3.15. The van der Waals surface area contributed by atoms with Gasteiger partial charge in [-0.25, -0.2) is 9.97 Å². The number of nitrogens with one attached hydrogen (secondary N) is 1. The summed E-state index contributed by atoms with van der Waals surface area (Å²) in [4.78, 5) is 24.2. The highest BCUT2D eigenvalue weighted by Gasteiger charge is 2.22. The lowest BCUT2D eigenvalue weighted by atomic mass is 10.0. The van der Waals surface area contributed by atoms with Crippen LogP contribution < -0.4 is 15.0 Å². The van der Waals surface area contributed by atoms with Gasteiger partial charge in [-0.3, -0.25) is 4.79 Å². The van der Waals surface area contributed by atoms with Crippen molar-refractivity contribution in [2.75, 3.05) is 6.79 Å². The molecule has 27 heavy (non-hydrogen) atoms. The van der Waals surface area contributed by atoms with Crippen molar-refractivity contribution in [3.05, 3.63) is 70.2 Å². The largest absolute Gasteiger partial charge is 0.454 e. The fraction of sp³-hybridized carbons (Fsp3) is 0.0500. The smallest absolute Gasteiger partial charge is 0.258 e. The first kappa shape index (κ1) is 15.8. The molecule has 0 saturated carbocycles. The number of rotatable bonds is 2. The first-order valence-corrected chi connectivity index (χ1v) is 8.62. The van der Waals surface area contributed by atoms with Crippen LogP contribution in [0.25, 0.3) is 33.4 Å². The predicted octanol–water partition coefficient (Wildman–Crippen LogP) is 4.03. The summed E-state index contributed by atoms with van der Waals surface area (Å²) in [6.07, 6.45) is 1.37. The summed E-state index contributed by atoms with van der Waals surface area (Å²) in [5, 5.41) is 1.08. The second-order valence-electron chi connectivity index (χ2n) is 6.03. The quantitative estimate of drug-likeness (QED) is 0.570. The number of aromatic amines is 1. The molecule has 1 aliphatic heterocycles. The van der Waals surface area contributed by atoms with Gasteiger partial charge < -0.3 is 14.5 Å². The Morgan fingerprint density at radius 3 is 2.78 bits per heavy atom. The molecule has 0 fully saturated rings. The van der Waals surface area contributed by atoms with E-state index in [1.807, 2.05) is 30.3 Å². The van der Waals surface area contributed by atoms with Crippen LogP contribution in [0.15, 0.2) is 59.7 Å². The molecular formula is C20H12ClN3O3. The summed E-state index contributed by atoms with van der Waals surface area (Å²) in [7, 11) is 0. The lowest BCUT2D eigenvalue weighted by molar-refractivity contribution is 0.174. The number of ether oxygens (including phenoxy) is 2. The molecule has 0 aliphatic carbocycles. The number of halogens is 1. The zero-order valence-corrected chi connectivity index (χ0v) is 14.7. The Morgan fingerprint density at radius 1 is 1.07 bits per heavy atom. The third-order valence-electron chi connectivity index (χ3n) is 4.42. The monoisotopic (exact) mass is 377 g/mol. The second-order valence-corrected chi connectivity index (χ2v) is 6.47. The topological polar surface area (TPSA) is 77.1 Å². The number of para-hydroxylation sites is 1. The number of H-pyrrole nitrogens is 1. The average molecular weight is 378 g/mol. The van der Waals surface area contributed by atoms with Crippen LogP contribution in [0.1, 0.15) is 0 Å². The molecule has 0 saturated heterocycles. The highest BCUT2D eigenvalue weighted by molar-refractivity contribution is 6.30. The van der Waals surface area contributed by atoms with Gasteiger partial charge in [-0.2, -0.15) is 0 Å². The Labute approximate surface area is 158 Å². The van der Waals surface area contributed by atoms with Gasteiger partial charge in [-0.1, -0.05) is 29.8 Å². The number of fused-ring (bicyclic) bond motifs is 2. The van der Waals surface area contributed by atoms with Gasteiger partial charge in [0.2, 0.25) is 6.79 Å². The minimum atomic E-state index is -0.233. The van der Waals surface area contributed by atoms with E-state index < -0.39 is 0 Å². The number of aromatic nitrogens is 3. The van der Waals surface area contributed by atoms with Crippen LogP contribution in [0.3, 0.4) is 0 Å². The van der Waals surface area contributed by atoms with Gasteiger partial charge in [0.25, 0.3) is 5.56 Å². The average Bonchev–Trinajstić information content (AvgIpc) is 3.17. The third kappa shape index (κ3) is 2.62. The van der Waals surface area contributed by atoms with Crippen LogP contribution in [-0.2, 0) is 0 Å². The maximum atomic E-state index is 12.4. The molecule has 0 unspecified atom stereocenters. The molecule has 0 amide bonds. The molecule has 0 atom stereocenters. The van der Waals surface area contributed by atoms with E-state index >= 15 is 0 Å². The number of hydrogen-bond acceptors (Lipinski definition) is 5.